The third-order valence-corrected chi connectivity index (χ3v) is 5.89. The first-order valence-electron chi connectivity index (χ1n) is 7.81. The number of hydrogen-bond acceptors (Lipinski definition) is 3. The van der Waals surface area contributed by atoms with Crippen molar-refractivity contribution >= 4 is 17.2 Å². The third-order valence-electron chi connectivity index (χ3n) is 4.86. The van der Waals surface area contributed by atoms with Gasteiger partial charge in [-0.3, -0.25) is 9.69 Å². The summed E-state index contributed by atoms with van der Waals surface area (Å²) in [5.74, 6) is 0.611. The average molecular weight is 292 g/mol. The van der Waals surface area contributed by atoms with E-state index in [2.05, 4.69) is 35.1 Å². The predicted molar refractivity (Wildman–Crippen MR) is 82.9 cm³/mol. The van der Waals surface area contributed by atoms with Crippen LogP contribution in [0.3, 0.4) is 0 Å². The largest absolute Gasteiger partial charge is 0.339 e. The standard InChI is InChI=1S/C16H24N2OS/c1-3-12(4-2)16(19)18-10-14(11-18)17-7-5-15-13(9-17)6-8-20-15/h6,8,12,14H,3-5,7,9-11H2,1-2H3. The lowest BCUT2D eigenvalue weighted by Crippen LogP contribution is -2.62. The highest BCUT2D eigenvalue weighted by molar-refractivity contribution is 7.10. The fraction of sp³-hybridized carbons (Fsp3) is 0.688. The number of hydrogen-bond donors (Lipinski definition) is 0. The Kier molecular flexibility index (Phi) is 4.13. The topological polar surface area (TPSA) is 23.6 Å². The molecule has 110 valence electrons. The van der Waals surface area contributed by atoms with Crippen LogP contribution in [0.1, 0.15) is 37.1 Å². The summed E-state index contributed by atoms with van der Waals surface area (Å²) in [4.78, 5) is 18.5. The van der Waals surface area contributed by atoms with Crippen LogP contribution in [-0.4, -0.2) is 41.4 Å². The minimum atomic E-state index is 0.237. The minimum absolute atomic E-state index is 0.237. The Balaban J connectivity index is 1.53. The molecule has 1 fully saturated rings. The highest BCUT2D eigenvalue weighted by Gasteiger charge is 2.37. The number of carbonyl (C=O) groups excluding carboxylic acids is 1. The smallest absolute Gasteiger partial charge is 0.225 e. The monoisotopic (exact) mass is 292 g/mol. The van der Waals surface area contributed by atoms with Crippen molar-refractivity contribution in [3.05, 3.63) is 21.9 Å². The highest BCUT2D eigenvalue weighted by atomic mass is 32.1. The van der Waals surface area contributed by atoms with Crippen LogP contribution < -0.4 is 0 Å². The van der Waals surface area contributed by atoms with E-state index in [4.69, 9.17) is 0 Å². The van der Waals surface area contributed by atoms with Gasteiger partial charge >= 0.3 is 0 Å². The van der Waals surface area contributed by atoms with Gasteiger partial charge in [0, 0.05) is 43.0 Å². The summed E-state index contributed by atoms with van der Waals surface area (Å²) >= 11 is 1.89. The Labute approximate surface area is 125 Å². The molecule has 4 heteroatoms. The molecule has 0 unspecified atom stereocenters. The molecule has 3 nitrogen and oxygen atoms in total. The fourth-order valence-electron chi connectivity index (χ4n) is 3.34. The SMILES string of the molecule is CCC(CC)C(=O)N1CC(N2CCc3sccc3C2)C1. The molecular weight excluding hydrogens is 268 g/mol. The van der Waals surface area contributed by atoms with Crippen LogP contribution in [0.5, 0.6) is 0 Å². The molecule has 1 aromatic rings. The van der Waals surface area contributed by atoms with Crippen LogP contribution in [0.2, 0.25) is 0 Å². The first-order chi connectivity index (χ1) is 9.72. The number of likely N-dealkylation sites (tertiary alicyclic amines) is 1. The van der Waals surface area contributed by atoms with E-state index in [-0.39, 0.29) is 5.92 Å². The summed E-state index contributed by atoms with van der Waals surface area (Å²) in [5, 5.41) is 2.21. The number of thiophene rings is 1. The van der Waals surface area contributed by atoms with Crippen molar-refractivity contribution in [1.29, 1.82) is 0 Å². The number of carbonyl (C=O) groups is 1. The molecule has 0 atom stereocenters. The van der Waals surface area contributed by atoms with Crippen molar-refractivity contribution in [2.75, 3.05) is 19.6 Å². The molecule has 1 saturated heterocycles. The predicted octanol–water partition coefficient (Wildman–Crippen LogP) is 2.75. The van der Waals surface area contributed by atoms with Crippen molar-refractivity contribution in [1.82, 2.24) is 9.80 Å². The van der Waals surface area contributed by atoms with E-state index in [0.29, 0.717) is 11.9 Å². The van der Waals surface area contributed by atoms with Crippen molar-refractivity contribution in [3.63, 3.8) is 0 Å². The quantitative estimate of drug-likeness (QED) is 0.852. The molecule has 0 aliphatic carbocycles. The zero-order chi connectivity index (χ0) is 14.1. The van der Waals surface area contributed by atoms with E-state index >= 15 is 0 Å². The first-order valence-corrected chi connectivity index (χ1v) is 8.69. The molecule has 0 spiro atoms. The molecule has 3 heterocycles. The normalized spacial score (nSPS) is 20.1. The van der Waals surface area contributed by atoms with E-state index < -0.39 is 0 Å². The molecule has 0 saturated carbocycles. The number of fused-ring (bicyclic) bond motifs is 1. The second-order valence-electron chi connectivity index (χ2n) is 6.00. The lowest BCUT2D eigenvalue weighted by atomic mass is 9.96. The Hall–Kier alpha value is -0.870. The Morgan fingerprint density at radius 3 is 2.85 bits per heavy atom. The Bertz CT molecular complexity index is 475. The number of rotatable bonds is 4. The van der Waals surface area contributed by atoms with E-state index in [1.165, 1.54) is 12.0 Å². The van der Waals surface area contributed by atoms with Crippen LogP contribution >= 0.6 is 11.3 Å². The van der Waals surface area contributed by atoms with E-state index in [9.17, 15) is 4.79 Å². The minimum Gasteiger partial charge on any atom is -0.339 e. The van der Waals surface area contributed by atoms with E-state index in [1.807, 2.05) is 11.3 Å². The molecule has 0 bridgehead atoms. The summed E-state index contributed by atoms with van der Waals surface area (Å²) in [6.07, 6.45) is 3.13. The van der Waals surface area contributed by atoms with Gasteiger partial charge in [0.15, 0.2) is 0 Å². The Morgan fingerprint density at radius 2 is 2.15 bits per heavy atom. The van der Waals surface area contributed by atoms with Gasteiger partial charge in [-0.1, -0.05) is 13.8 Å². The molecule has 20 heavy (non-hydrogen) atoms. The highest BCUT2D eigenvalue weighted by Crippen LogP contribution is 2.28. The third kappa shape index (κ3) is 2.51. The molecule has 2 aliphatic rings. The maximum absolute atomic E-state index is 12.3. The van der Waals surface area contributed by atoms with Gasteiger partial charge in [-0.25, -0.2) is 0 Å². The van der Waals surface area contributed by atoms with Crippen LogP contribution in [0, 0.1) is 5.92 Å². The molecular formula is C16H24N2OS. The van der Waals surface area contributed by atoms with Gasteiger partial charge in [0.25, 0.3) is 0 Å². The van der Waals surface area contributed by atoms with Crippen molar-refractivity contribution < 1.29 is 4.79 Å². The average Bonchev–Trinajstić information content (AvgIpc) is 2.86. The van der Waals surface area contributed by atoms with Gasteiger partial charge < -0.3 is 4.90 Å². The van der Waals surface area contributed by atoms with Gasteiger partial charge in [0.05, 0.1) is 0 Å². The summed E-state index contributed by atoms with van der Waals surface area (Å²) < 4.78 is 0. The molecule has 1 aromatic heterocycles. The zero-order valence-electron chi connectivity index (χ0n) is 12.5. The summed E-state index contributed by atoms with van der Waals surface area (Å²) in [5.41, 5.74) is 1.51. The van der Waals surface area contributed by atoms with Gasteiger partial charge in [0.2, 0.25) is 5.91 Å². The zero-order valence-corrected chi connectivity index (χ0v) is 13.3. The van der Waals surface area contributed by atoms with Crippen LogP contribution in [-0.2, 0) is 17.8 Å². The van der Waals surface area contributed by atoms with E-state index in [1.54, 1.807) is 4.88 Å². The molecule has 2 aliphatic heterocycles. The van der Waals surface area contributed by atoms with Gasteiger partial charge in [0.1, 0.15) is 0 Å². The molecule has 1 amide bonds. The van der Waals surface area contributed by atoms with Gasteiger partial charge in [-0.05, 0) is 36.3 Å². The molecule has 0 N–H and O–H groups in total. The summed E-state index contributed by atoms with van der Waals surface area (Å²) in [7, 11) is 0. The van der Waals surface area contributed by atoms with E-state index in [0.717, 1.165) is 39.0 Å². The number of amides is 1. The van der Waals surface area contributed by atoms with Crippen LogP contribution in [0.4, 0.5) is 0 Å². The molecule has 3 rings (SSSR count). The lowest BCUT2D eigenvalue weighted by Gasteiger charge is -2.47. The lowest BCUT2D eigenvalue weighted by molar-refractivity contribution is -0.143. The van der Waals surface area contributed by atoms with Crippen molar-refractivity contribution in [2.45, 2.75) is 45.7 Å². The van der Waals surface area contributed by atoms with Crippen molar-refractivity contribution in [2.24, 2.45) is 5.92 Å². The maximum Gasteiger partial charge on any atom is 0.225 e. The second kappa shape index (κ2) is 5.86. The summed E-state index contributed by atoms with van der Waals surface area (Å²) in [6.45, 7) is 8.35. The first kappa shape index (κ1) is 14.1. The number of nitrogens with zero attached hydrogens (tertiary/aromatic N) is 2. The Morgan fingerprint density at radius 1 is 1.40 bits per heavy atom. The van der Waals surface area contributed by atoms with Gasteiger partial charge in [-0.2, -0.15) is 0 Å². The fourth-order valence-corrected chi connectivity index (χ4v) is 4.23. The van der Waals surface area contributed by atoms with Gasteiger partial charge in [-0.15, -0.1) is 11.3 Å². The maximum atomic E-state index is 12.3. The van der Waals surface area contributed by atoms with Crippen molar-refractivity contribution in [3.8, 4) is 0 Å². The van der Waals surface area contributed by atoms with Crippen LogP contribution in [0.15, 0.2) is 11.4 Å². The molecule has 0 radical (unpaired) electrons. The van der Waals surface area contributed by atoms with Crippen LogP contribution in [0.25, 0.3) is 0 Å². The molecule has 0 aromatic carbocycles. The second-order valence-corrected chi connectivity index (χ2v) is 7.00. The summed E-state index contributed by atoms with van der Waals surface area (Å²) in [6, 6.07) is 2.85.